The van der Waals surface area contributed by atoms with Crippen LogP contribution in [0.4, 0.5) is 8.78 Å². The first-order valence-corrected chi connectivity index (χ1v) is 11.4. The molecule has 0 aromatic heterocycles. The highest BCUT2D eigenvalue weighted by molar-refractivity contribution is 7.88. The molecule has 4 rings (SSSR count). The number of alkyl halides is 2. The van der Waals surface area contributed by atoms with Crippen molar-refractivity contribution in [3.63, 3.8) is 0 Å². The first kappa shape index (κ1) is 21.5. The van der Waals surface area contributed by atoms with E-state index >= 15 is 0 Å². The Kier molecular flexibility index (Phi) is 5.63. The number of nitrogens with two attached hydrogens (primary N) is 1. The summed E-state index contributed by atoms with van der Waals surface area (Å²) in [6.45, 7) is -1.35. The number of sulfonamides is 1. The molecule has 9 heteroatoms. The van der Waals surface area contributed by atoms with Crippen molar-refractivity contribution in [2.24, 2.45) is 5.14 Å². The van der Waals surface area contributed by atoms with Gasteiger partial charge < -0.3 is 9.47 Å². The summed E-state index contributed by atoms with van der Waals surface area (Å²) in [5.74, 6) is 0.0132. The van der Waals surface area contributed by atoms with E-state index in [-0.39, 0.29) is 11.5 Å². The van der Waals surface area contributed by atoms with Crippen LogP contribution in [0, 0.1) is 6.92 Å². The lowest BCUT2D eigenvalue weighted by atomic mass is 9.87. The highest BCUT2D eigenvalue weighted by Crippen LogP contribution is 2.50. The molecule has 2 N–H and O–H groups in total. The number of ether oxygens (including phenoxy) is 2. The van der Waals surface area contributed by atoms with Gasteiger partial charge in [0.15, 0.2) is 0 Å². The Bertz CT molecular complexity index is 1260. The van der Waals surface area contributed by atoms with Crippen molar-refractivity contribution in [2.45, 2.75) is 25.4 Å². The highest BCUT2D eigenvalue weighted by Gasteiger charge is 2.32. The van der Waals surface area contributed by atoms with Gasteiger partial charge >= 0.3 is 6.61 Å². The summed E-state index contributed by atoms with van der Waals surface area (Å²) in [5.41, 5.74) is 3.27. The van der Waals surface area contributed by atoms with Gasteiger partial charge in [-0.3, -0.25) is 0 Å². The zero-order chi connectivity index (χ0) is 22.3. The molecule has 0 aliphatic carbocycles. The van der Waals surface area contributed by atoms with Crippen LogP contribution in [0.5, 0.6) is 11.5 Å². The Balaban J connectivity index is 1.95. The minimum atomic E-state index is -3.77. The van der Waals surface area contributed by atoms with Crippen LogP contribution in [-0.4, -0.2) is 15.0 Å². The third kappa shape index (κ3) is 4.51. The van der Waals surface area contributed by atoms with Crippen LogP contribution in [0.1, 0.15) is 28.4 Å². The van der Waals surface area contributed by atoms with Crippen LogP contribution in [0.3, 0.4) is 0 Å². The zero-order valence-corrected chi connectivity index (χ0v) is 17.9. The van der Waals surface area contributed by atoms with Gasteiger partial charge in [0.25, 0.3) is 0 Å². The maximum atomic E-state index is 13.1. The molecule has 31 heavy (non-hydrogen) atoms. The van der Waals surface area contributed by atoms with Crippen LogP contribution < -0.4 is 14.6 Å². The topological polar surface area (TPSA) is 78.6 Å². The molecular weight excluding hydrogens is 448 g/mol. The molecule has 5 nitrogen and oxygen atoms in total. The molecule has 0 saturated heterocycles. The van der Waals surface area contributed by atoms with Gasteiger partial charge in [-0.15, -0.1) is 0 Å². The number of rotatable bonds is 5. The van der Waals surface area contributed by atoms with Crippen molar-refractivity contribution in [3.8, 4) is 22.6 Å². The molecule has 0 radical (unpaired) electrons. The standard InChI is InChI=1S/C22H18ClF2NO4S/c1-12-5-8-18-19(20(12)30-22(24)25)16-7-6-13(11-31(26,27)28)9-17(16)21(29-18)14-3-2-4-15(23)10-14/h2-10,21-22H,11H2,1H3,(H2,26,27,28). The van der Waals surface area contributed by atoms with Gasteiger partial charge in [0.05, 0.1) is 11.3 Å². The lowest BCUT2D eigenvalue weighted by molar-refractivity contribution is -0.0500. The molecule has 0 fully saturated rings. The van der Waals surface area contributed by atoms with Gasteiger partial charge in [-0.2, -0.15) is 8.78 Å². The second kappa shape index (κ2) is 8.11. The fourth-order valence-corrected chi connectivity index (χ4v) is 4.59. The third-order valence-electron chi connectivity index (χ3n) is 4.96. The molecule has 3 aromatic rings. The van der Waals surface area contributed by atoms with Crippen LogP contribution in [0.25, 0.3) is 11.1 Å². The third-order valence-corrected chi connectivity index (χ3v) is 5.93. The van der Waals surface area contributed by atoms with Crippen LogP contribution >= 0.6 is 11.6 Å². The van der Waals surface area contributed by atoms with E-state index < -0.39 is 22.7 Å². The number of primary sulfonamides is 1. The van der Waals surface area contributed by atoms with Crippen molar-refractivity contribution in [3.05, 3.63) is 81.9 Å². The Morgan fingerprint density at radius 3 is 2.61 bits per heavy atom. The SMILES string of the molecule is Cc1ccc2c(c1OC(F)F)-c1ccc(CS(N)(=O)=O)cc1C(c1cccc(Cl)c1)O2. The number of hydrogen-bond acceptors (Lipinski definition) is 4. The van der Waals surface area contributed by atoms with Gasteiger partial charge in [0, 0.05) is 10.6 Å². The molecule has 162 valence electrons. The molecular formula is C22H18ClF2NO4S. The summed E-state index contributed by atoms with van der Waals surface area (Å²) in [6, 6.07) is 15.3. The minimum Gasteiger partial charge on any atom is -0.480 e. The monoisotopic (exact) mass is 465 g/mol. The Labute approximate surface area is 183 Å². The van der Waals surface area contributed by atoms with Gasteiger partial charge in [-0.25, -0.2) is 13.6 Å². The summed E-state index contributed by atoms with van der Waals surface area (Å²) < 4.78 is 60.5. The molecule has 0 saturated carbocycles. The maximum absolute atomic E-state index is 13.1. The lowest BCUT2D eigenvalue weighted by Gasteiger charge is -2.31. The Morgan fingerprint density at radius 2 is 1.94 bits per heavy atom. The molecule has 1 heterocycles. The number of benzene rings is 3. The van der Waals surface area contributed by atoms with Gasteiger partial charge in [-0.05, 0) is 47.4 Å². The fraction of sp³-hybridized carbons (Fsp3) is 0.182. The fourth-order valence-electron chi connectivity index (χ4n) is 3.75. The summed E-state index contributed by atoms with van der Waals surface area (Å²) in [5, 5.41) is 5.70. The average molecular weight is 466 g/mol. The van der Waals surface area contributed by atoms with Crippen molar-refractivity contribution in [1.82, 2.24) is 0 Å². The average Bonchev–Trinajstić information content (AvgIpc) is 2.67. The van der Waals surface area contributed by atoms with E-state index in [4.69, 9.17) is 26.2 Å². The van der Waals surface area contributed by atoms with E-state index in [9.17, 15) is 17.2 Å². The van der Waals surface area contributed by atoms with Crippen LogP contribution in [0.2, 0.25) is 5.02 Å². The Morgan fingerprint density at radius 1 is 1.16 bits per heavy atom. The molecule has 0 amide bonds. The first-order chi connectivity index (χ1) is 14.6. The smallest absolute Gasteiger partial charge is 0.387 e. The highest BCUT2D eigenvalue weighted by atomic mass is 35.5. The van der Waals surface area contributed by atoms with Crippen molar-refractivity contribution in [1.29, 1.82) is 0 Å². The van der Waals surface area contributed by atoms with Gasteiger partial charge in [0.2, 0.25) is 10.0 Å². The quantitative estimate of drug-likeness (QED) is 0.562. The number of aryl methyl sites for hydroxylation is 1. The van der Waals surface area contributed by atoms with E-state index in [0.29, 0.717) is 38.6 Å². The zero-order valence-electron chi connectivity index (χ0n) is 16.3. The molecule has 0 spiro atoms. The second-order valence-electron chi connectivity index (χ2n) is 7.24. The van der Waals surface area contributed by atoms with E-state index in [0.717, 1.165) is 5.56 Å². The van der Waals surface area contributed by atoms with E-state index in [1.54, 1.807) is 55.5 Å². The number of halogens is 3. The molecule has 1 atom stereocenters. The number of hydrogen-bond donors (Lipinski definition) is 1. The maximum Gasteiger partial charge on any atom is 0.387 e. The summed E-state index contributed by atoms with van der Waals surface area (Å²) >= 11 is 6.16. The first-order valence-electron chi connectivity index (χ1n) is 9.26. The summed E-state index contributed by atoms with van der Waals surface area (Å²) in [6.07, 6.45) is -0.635. The van der Waals surface area contributed by atoms with Crippen LogP contribution in [-0.2, 0) is 15.8 Å². The van der Waals surface area contributed by atoms with E-state index in [1.165, 1.54) is 0 Å². The predicted octanol–water partition coefficient (Wildman–Crippen LogP) is 5.19. The van der Waals surface area contributed by atoms with Gasteiger partial charge in [-0.1, -0.05) is 48.0 Å². The molecule has 3 aromatic carbocycles. The Hall–Kier alpha value is -2.68. The normalized spacial score (nSPS) is 15.2. The number of fused-ring (bicyclic) bond motifs is 3. The lowest BCUT2D eigenvalue weighted by Crippen LogP contribution is -2.19. The van der Waals surface area contributed by atoms with Gasteiger partial charge in [0.1, 0.15) is 17.6 Å². The largest absolute Gasteiger partial charge is 0.480 e. The predicted molar refractivity (Wildman–Crippen MR) is 114 cm³/mol. The molecule has 1 aliphatic rings. The molecule has 1 aliphatic heterocycles. The summed E-state index contributed by atoms with van der Waals surface area (Å²) in [7, 11) is -3.77. The molecule has 0 bridgehead atoms. The second-order valence-corrected chi connectivity index (χ2v) is 9.30. The molecule has 1 unspecified atom stereocenters. The van der Waals surface area contributed by atoms with Crippen LogP contribution in [0.15, 0.2) is 54.6 Å². The minimum absolute atomic E-state index is 0.0116. The van der Waals surface area contributed by atoms with E-state index in [2.05, 4.69) is 0 Å². The van der Waals surface area contributed by atoms with Crippen molar-refractivity contribution in [2.75, 3.05) is 0 Å². The van der Waals surface area contributed by atoms with E-state index in [1.807, 2.05) is 6.07 Å². The van der Waals surface area contributed by atoms with Crippen molar-refractivity contribution < 1.29 is 26.7 Å². The summed E-state index contributed by atoms with van der Waals surface area (Å²) in [4.78, 5) is 0. The van der Waals surface area contributed by atoms with Crippen molar-refractivity contribution >= 4 is 21.6 Å².